The van der Waals surface area contributed by atoms with Gasteiger partial charge in [-0.25, -0.2) is 0 Å². The van der Waals surface area contributed by atoms with E-state index in [4.69, 9.17) is 21.7 Å². The fourth-order valence-corrected chi connectivity index (χ4v) is 2.25. The number of methoxy groups -OCH3 is 1. The van der Waals surface area contributed by atoms with Crippen LogP contribution < -0.4 is 15.4 Å². The number of carbonyl (C=O) groups is 1. The molecule has 0 radical (unpaired) electrons. The fraction of sp³-hybridized carbons (Fsp3) is 0.222. The molecule has 0 aliphatic carbocycles. The third-order valence-corrected chi connectivity index (χ3v) is 3.31. The van der Waals surface area contributed by atoms with Crippen molar-refractivity contribution in [1.29, 1.82) is 0 Å². The zero-order chi connectivity index (χ0) is 17.2. The number of hydrogen-bond donors (Lipinski definition) is 2. The van der Waals surface area contributed by atoms with Crippen LogP contribution in [0.2, 0.25) is 0 Å². The second kappa shape index (κ2) is 9.64. The van der Waals surface area contributed by atoms with Gasteiger partial charge in [0.25, 0.3) is 0 Å². The number of thiocarbonyl (C=S) groups is 1. The quantitative estimate of drug-likeness (QED) is 0.597. The predicted molar refractivity (Wildman–Crippen MR) is 98.3 cm³/mol. The molecule has 0 heterocycles. The van der Waals surface area contributed by atoms with Crippen LogP contribution in [0, 0.1) is 0 Å². The first-order valence-corrected chi connectivity index (χ1v) is 7.95. The summed E-state index contributed by atoms with van der Waals surface area (Å²) in [6.07, 6.45) is 0.281. The van der Waals surface area contributed by atoms with Crippen molar-refractivity contribution in [3.8, 4) is 5.75 Å². The Morgan fingerprint density at radius 3 is 2.62 bits per heavy atom. The second-order valence-corrected chi connectivity index (χ2v) is 5.44. The molecule has 0 saturated carbocycles. The monoisotopic (exact) mass is 344 g/mol. The molecule has 0 atom stereocenters. The minimum absolute atomic E-state index is 0.161. The van der Waals surface area contributed by atoms with Gasteiger partial charge in [-0.1, -0.05) is 36.4 Å². The standard InChI is InChI=1S/C18H20N2O3S/c1-22-10-11-23-16-9-5-8-15(13-16)19-18(24)20-17(21)12-14-6-3-2-4-7-14/h2-9,13H,10-12H2,1H3,(H2,19,20,21,24). The fourth-order valence-electron chi connectivity index (χ4n) is 2.02. The van der Waals surface area contributed by atoms with Crippen LogP contribution in [0.5, 0.6) is 5.75 Å². The number of nitrogens with one attached hydrogen (secondary N) is 2. The molecule has 0 spiro atoms. The first kappa shape index (κ1) is 17.9. The van der Waals surface area contributed by atoms with E-state index < -0.39 is 0 Å². The smallest absolute Gasteiger partial charge is 0.230 e. The summed E-state index contributed by atoms with van der Waals surface area (Å²) in [6, 6.07) is 16.9. The van der Waals surface area contributed by atoms with Gasteiger partial charge in [0.2, 0.25) is 5.91 Å². The van der Waals surface area contributed by atoms with Crippen molar-refractivity contribution in [2.24, 2.45) is 0 Å². The minimum atomic E-state index is -0.161. The van der Waals surface area contributed by atoms with Crippen LogP contribution in [-0.4, -0.2) is 31.3 Å². The molecule has 5 nitrogen and oxygen atoms in total. The summed E-state index contributed by atoms with van der Waals surface area (Å²) < 4.78 is 10.5. The molecule has 2 rings (SSSR count). The number of anilines is 1. The van der Waals surface area contributed by atoms with E-state index in [1.165, 1.54) is 0 Å². The SMILES string of the molecule is COCCOc1cccc(NC(=S)NC(=O)Cc2ccccc2)c1. The van der Waals surface area contributed by atoms with Gasteiger partial charge >= 0.3 is 0 Å². The van der Waals surface area contributed by atoms with Crippen LogP contribution >= 0.6 is 12.2 Å². The van der Waals surface area contributed by atoms with E-state index in [1.807, 2.05) is 54.6 Å². The molecule has 0 aliphatic heterocycles. The van der Waals surface area contributed by atoms with E-state index in [1.54, 1.807) is 7.11 Å². The first-order valence-electron chi connectivity index (χ1n) is 7.54. The summed E-state index contributed by atoms with van der Waals surface area (Å²) in [5.74, 6) is 0.543. The van der Waals surface area contributed by atoms with Crippen molar-refractivity contribution < 1.29 is 14.3 Å². The summed E-state index contributed by atoms with van der Waals surface area (Å²) >= 11 is 5.17. The molecule has 24 heavy (non-hydrogen) atoms. The van der Waals surface area contributed by atoms with Crippen LogP contribution in [0.1, 0.15) is 5.56 Å². The Labute approximate surface area is 147 Å². The highest BCUT2D eigenvalue weighted by Crippen LogP contribution is 2.17. The van der Waals surface area contributed by atoms with Gasteiger partial charge in [0.15, 0.2) is 5.11 Å². The third kappa shape index (κ3) is 6.36. The molecular weight excluding hydrogens is 324 g/mol. The Kier molecular flexibility index (Phi) is 7.20. The molecule has 2 aromatic rings. The Hall–Kier alpha value is -2.44. The van der Waals surface area contributed by atoms with E-state index in [2.05, 4.69) is 10.6 Å². The lowest BCUT2D eigenvalue weighted by atomic mass is 10.1. The zero-order valence-corrected chi connectivity index (χ0v) is 14.3. The van der Waals surface area contributed by atoms with Crippen LogP contribution in [0.25, 0.3) is 0 Å². The molecule has 0 unspecified atom stereocenters. The van der Waals surface area contributed by atoms with Gasteiger partial charge in [-0.15, -0.1) is 0 Å². The lowest BCUT2D eigenvalue weighted by Crippen LogP contribution is -2.35. The van der Waals surface area contributed by atoms with Gasteiger partial charge in [0.1, 0.15) is 12.4 Å². The molecule has 6 heteroatoms. The first-order chi connectivity index (χ1) is 11.7. The normalized spacial score (nSPS) is 10.0. The van der Waals surface area contributed by atoms with Gasteiger partial charge in [-0.3, -0.25) is 4.79 Å². The van der Waals surface area contributed by atoms with E-state index in [9.17, 15) is 4.79 Å². The highest BCUT2D eigenvalue weighted by Gasteiger charge is 2.06. The van der Waals surface area contributed by atoms with Crippen molar-refractivity contribution in [3.63, 3.8) is 0 Å². The van der Waals surface area contributed by atoms with Crippen molar-refractivity contribution in [3.05, 3.63) is 60.2 Å². The van der Waals surface area contributed by atoms with Gasteiger partial charge in [0.05, 0.1) is 13.0 Å². The molecule has 2 N–H and O–H groups in total. The van der Waals surface area contributed by atoms with Crippen molar-refractivity contribution in [2.75, 3.05) is 25.6 Å². The number of carbonyl (C=O) groups excluding carboxylic acids is 1. The van der Waals surface area contributed by atoms with E-state index >= 15 is 0 Å². The second-order valence-electron chi connectivity index (χ2n) is 5.03. The number of ether oxygens (including phenoxy) is 2. The van der Waals surface area contributed by atoms with Crippen molar-refractivity contribution in [2.45, 2.75) is 6.42 Å². The summed E-state index contributed by atoms with van der Waals surface area (Å²) in [5, 5.41) is 5.90. The van der Waals surface area contributed by atoms with Crippen LogP contribution in [-0.2, 0) is 16.0 Å². The average molecular weight is 344 g/mol. The van der Waals surface area contributed by atoms with Crippen LogP contribution in [0.15, 0.2) is 54.6 Å². The third-order valence-electron chi connectivity index (χ3n) is 3.11. The van der Waals surface area contributed by atoms with Gasteiger partial charge in [-0.2, -0.15) is 0 Å². The highest BCUT2D eigenvalue weighted by atomic mass is 32.1. The average Bonchev–Trinajstić information content (AvgIpc) is 2.56. The Balaban J connectivity index is 1.83. The molecule has 0 fully saturated rings. The van der Waals surface area contributed by atoms with E-state index in [0.717, 1.165) is 11.3 Å². The summed E-state index contributed by atoms with van der Waals surface area (Å²) in [6.45, 7) is 0.990. The Bertz CT molecular complexity index is 677. The summed E-state index contributed by atoms with van der Waals surface area (Å²) in [5.41, 5.74) is 1.68. The summed E-state index contributed by atoms with van der Waals surface area (Å²) in [7, 11) is 1.62. The lowest BCUT2D eigenvalue weighted by Gasteiger charge is -2.11. The van der Waals surface area contributed by atoms with Gasteiger partial charge in [-0.05, 0) is 29.9 Å². The lowest BCUT2D eigenvalue weighted by molar-refractivity contribution is -0.119. The molecule has 2 aromatic carbocycles. The van der Waals surface area contributed by atoms with Gasteiger partial charge < -0.3 is 20.1 Å². The van der Waals surface area contributed by atoms with E-state index in [-0.39, 0.29) is 17.4 Å². The van der Waals surface area contributed by atoms with Crippen LogP contribution in [0.4, 0.5) is 5.69 Å². The Morgan fingerprint density at radius 1 is 1.08 bits per heavy atom. The topological polar surface area (TPSA) is 59.6 Å². The predicted octanol–water partition coefficient (Wildman–Crippen LogP) is 2.77. The number of rotatable bonds is 7. The molecule has 0 saturated heterocycles. The van der Waals surface area contributed by atoms with Crippen molar-refractivity contribution in [1.82, 2.24) is 5.32 Å². The Morgan fingerprint density at radius 2 is 1.88 bits per heavy atom. The maximum Gasteiger partial charge on any atom is 0.230 e. The van der Waals surface area contributed by atoms with Gasteiger partial charge in [0, 0.05) is 18.9 Å². The molecule has 126 valence electrons. The largest absolute Gasteiger partial charge is 0.491 e. The highest BCUT2D eigenvalue weighted by molar-refractivity contribution is 7.80. The molecule has 0 aliphatic rings. The van der Waals surface area contributed by atoms with Crippen LogP contribution in [0.3, 0.4) is 0 Å². The molecule has 1 amide bonds. The molecule has 0 bridgehead atoms. The minimum Gasteiger partial charge on any atom is -0.491 e. The number of benzene rings is 2. The molecule has 0 aromatic heterocycles. The number of amides is 1. The summed E-state index contributed by atoms with van der Waals surface area (Å²) in [4.78, 5) is 12.0. The molecular formula is C18H20N2O3S. The zero-order valence-electron chi connectivity index (χ0n) is 13.5. The number of hydrogen-bond acceptors (Lipinski definition) is 4. The van der Waals surface area contributed by atoms with E-state index in [0.29, 0.717) is 19.0 Å². The maximum atomic E-state index is 12.0. The maximum absolute atomic E-state index is 12.0. The van der Waals surface area contributed by atoms with Crippen molar-refractivity contribution >= 4 is 28.9 Å².